The second kappa shape index (κ2) is 9.32. The average Bonchev–Trinajstić information content (AvgIpc) is 3.39. The highest BCUT2D eigenvalue weighted by atomic mass is 16.5. The molecule has 0 fully saturated rings. The first-order valence-electron chi connectivity index (χ1n) is 10.8. The SMILES string of the molecule is CCOc1cc([C@@H](CC(C)=O)N2C(=O)c3cccc(Cn4cccc4)c3C2=O)ccc1OC. The van der Waals surface area contributed by atoms with Gasteiger partial charge < -0.3 is 14.0 Å². The van der Waals surface area contributed by atoms with Crippen molar-refractivity contribution in [2.75, 3.05) is 13.7 Å². The summed E-state index contributed by atoms with van der Waals surface area (Å²) in [6, 6.07) is 13.6. The van der Waals surface area contributed by atoms with Crippen LogP contribution in [0.2, 0.25) is 0 Å². The number of hydrogen-bond donors (Lipinski definition) is 0. The van der Waals surface area contributed by atoms with Crippen molar-refractivity contribution in [2.45, 2.75) is 32.9 Å². The van der Waals surface area contributed by atoms with Gasteiger partial charge in [0.2, 0.25) is 0 Å². The van der Waals surface area contributed by atoms with E-state index in [2.05, 4.69) is 0 Å². The van der Waals surface area contributed by atoms with E-state index in [1.165, 1.54) is 11.8 Å². The van der Waals surface area contributed by atoms with Crippen molar-refractivity contribution in [3.8, 4) is 11.5 Å². The van der Waals surface area contributed by atoms with Crippen LogP contribution in [0.4, 0.5) is 0 Å². The molecule has 7 heteroatoms. The Hall–Kier alpha value is -3.87. The molecule has 33 heavy (non-hydrogen) atoms. The molecule has 4 rings (SSSR count). The number of Topliss-reactive ketones (excluding diaryl/α,β-unsaturated/α-hetero) is 1. The van der Waals surface area contributed by atoms with Crippen molar-refractivity contribution in [2.24, 2.45) is 0 Å². The van der Waals surface area contributed by atoms with Gasteiger partial charge in [-0.05, 0) is 55.3 Å². The second-order valence-electron chi connectivity index (χ2n) is 7.94. The van der Waals surface area contributed by atoms with Crippen LogP contribution in [0.25, 0.3) is 0 Å². The quantitative estimate of drug-likeness (QED) is 0.459. The molecule has 0 aliphatic carbocycles. The third-order valence-electron chi connectivity index (χ3n) is 5.72. The molecule has 0 N–H and O–H groups in total. The molecule has 0 radical (unpaired) electrons. The summed E-state index contributed by atoms with van der Waals surface area (Å²) in [6.07, 6.45) is 3.82. The van der Waals surface area contributed by atoms with Crippen molar-refractivity contribution in [3.63, 3.8) is 0 Å². The van der Waals surface area contributed by atoms with E-state index in [0.29, 0.717) is 41.3 Å². The Labute approximate surface area is 192 Å². The summed E-state index contributed by atoms with van der Waals surface area (Å²) in [5.41, 5.74) is 2.15. The van der Waals surface area contributed by atoms with Crippen molar-refractivity contribution >= 4 is 17.6 Å². The van der Waals surface area contributed by atoms with Gasteiger partial charge in [-0.1, -0.05) is 18.2 Å². The van der Waals surface area contributed by atoms with Gasteiger partial charge in [-0.3, -0.25) is 19.3 Å². The highest BCUT2D eigenvalue weighted by molar-refractivity contribution is 6.22. The Morgan fingerprint density at radius 1 is 1.00 bits per heavy atom. The fourth-order valence-corrected chi connectivity index (χ4v) is 4.26. The number of aromatic nitrogens is 1. The predicted molar refractivity (Wildman–Crippen MR) is 123 cm³/mol. The maximum absolute atomic E-state index is 13.6. The summed E-state index contributed by atoms with van der Waals surface area (Å²) in [6.45, 7) is 4.20. The van der Waals surface area contributed by atoms with Gasteiger partial charge >= 0.3 is 0 Å². The van der Waals surface area contributed by atoms with Gasteiger partial charge in [-0.15, -0.1) is 0 Å². The Morgan fingerprint density at radius 2 is 1.76 bits per heavy atom. The van der Waals surface area contributed by atoms with Crippen LogP contribution in [0.5, 0.6) is 11.5 Å². The molecule has 1 atom stereocenters. The van der Waals surface area contributed by atoms with E-state index in [-0.39, 0.29) is 12.2 Å². The fourth-order valence-electron chi connectivity index (χ4n) is 4.26. The topological polar surface area (TPSA) is 77.8 Å². The summed E-state index contributed by atoms with van der Waals surface area (Å²) in [7, 11) is 1.54. The Balaban J connectivity index is 1.76. The normalized spacial score (nSPS) is 13.7. The van der Waals surface area contributed by atoms with Crippen molar-refractivity contribution in [1.29, 1.82) is 0 Å². The molecule has 3 aromatic rings. The van der Waals surface area contributed by atoms with E-state index in [1.54, 1.807) is 37.4 Å². The molecule has 2 amide bonds. The van der Waals surface area contributed by atoms with E-state index in [1.807, 2.05) is 42.1 Å². The van der Waals surface area contributed by atoms with Gasteiger partial charge in [0.1, 0.15) is 5.78 Å². The lowest BCUT2D eigenvalue weighted by Crippen LogP contribution is -2.35. The third kappa shape index (κ3) is 4.26. The number of nitrogens with zero attached hydrogens (tertiary/aromatic N) is 2. The van der Waals surface area contributed by atoms with E-state index in [9.17, 15) is 14.4 Å². The van der Waals surface area contributed by atoms with Crippen molar-refractivity contribution in [3.05, 3.63) is 83.2 Å². The Bertz CT molecular complexity index is 1200. The van der Waals surface area contributed by atoms with Crippen LogP contribution in [0.1, 0.15) is 58.2 Å². The second-order valence-corrected chi connectivity index (χ2v) is 7.94. The molecule has 1 aliphatic heterocycles. The summed E-state index contributed by atoms with van der Waals surface area (Å²) < 4.78 is 13.0. The number of ketones is 1. The number of rotatable bonds is 9. The van der Waals surface area contributed by atoms with Crippen molar-refractivity contribution in [1.82, 2.24) is 9.47 Å². The van der Waals surface area contributed by atoms with Crippen LogP contribution < -0.4 is 9.47 Å². The number of amides is 2. The number of benzene rings is 2. The standard InChI is InChI=1S/C26H26N2O5/c1-4-33-23-15-18(10-11-22(23)32-3)21(14-17(2)29)28-25(30)20-9-7-8-19(24(20)26(28)31)16-27-12-5-6-13-27/h5-13,15,21H,4,14,16H2,1-3H3/t21-/m1/s1. The maximum atomic E-state index is 13.6. The molecule has 170 valence electrons. The number of carbonyl (C=O) groups is 3. The van der Waals surface area contributed by atoms with Crippen LogP contribution in [0, 0.1) is 0 Å². The minimum absolute atomic E-state index is 0.0102. The third-order valence-corrected chi connectivity index (χ3v) is 5.72. The van der Waals surface area contributed by atoms with E-state index in [4.69, 9.17) is 9.47 Å². The zero-order chi connectivity index (χ0) is 23.5. The largest absolute Gasteiger partial charge is 0.493 e. The number of methoxy groups -OCH3 is 1. The van der Waals surface area contributed by atoms with Gasteiger partial charge in [0.15, 0.2) is 11.5 Å². The first-order valence-corrected chi connectivity index (χ1v) is 10.8. The minimum atomic E-state index is -0.751. The maximum Gasteiger partial charge on any atom is 0.262 e. The summed E-state index contributed by atoms with van der Waals surface area (Å²) in [5, 5.41) is 0. The number of imide groups is 1. The highest BCUT2D eigenvalue weighted by Gasteiger charge is 2.42. The molecular formula is C26H26N2O5. The molecule has 7 nitrogen and oxygen atoms in total. The van der Waals surface area contributed by atoms with Gasteiger partial charge in [0.05, 0.1) is 30.9 Å². The number of hydrogen-bond acceptors (Lipinski definition) is 5. The zero-order valence-electron chi connectivity index (χ0n) is 18.9. The molecule has 0 saturated carbocycles. The summed E-state index contributed by atoms with van der Waals surface area (Å²) in [5.74, 6) is 0.120. The summed E-state index contributed by atoms with van der Waals surface area (Å²) in [4.78, 5) is 40.4. The molecule has 0 unspecified atom stereocenters. The van der Waals surface area contributed by atoms with Crippen LogP contribution in [-0.4, -0.2) is 40.8 Å². The molecular weight excluding hydrogens is 420 g/mol. The Morgan fingerprint density at radius 3 is 2.42 bits per heavy atom. The van der Waals surface area contributed by atoms with Gasteiger partial charge in [0, 0.05) is 25.4 Å². The average molecular weight is 447 g/mol. The van der Waals surface area contributed by atoms with E-state index >= 15 is 0 Å². The number of ether oxygens (including phenoxy) is 2. The van der Waals surface area contributed by atoms with Crippen LogP contribution >= 0.6 is 0 Å². The molecule has 2 heterocycles. The smallest absolute Gasteiger partial charge is 0.262 e. The lowest BCUT2D eigenvalue weighted by atomic mass is 9.99. The monoisotopic (exact) mass is 446 g/mol. The predicted octanol–water partition coefficient (Wildman–Crippen LogP) is 4.26. The fraction of sp³-hybridized carbons (Fsp3) is 0.269. The van der Waals surface area contributed by atoms with E-state index in [0.717, 1.165) is 5.56 Å². The molecule has 0 bridgehead atoms. The lowest BCUT2D eigenvalue weighted by Gasteiger charge is -2.26. The number of carbonyl (C=O) groups excluding carboxylic acids is 3. The molecule has 1 aliphatic rings. The van der Waals surface area contributed by atoms with Crippen LogP contribution in [0.15, 0.2) is 60.9 Å². The highest BCUT2D eigenvalue weighted by Crippen LogP contribution is 2.38. The number of fused-ring (bicyclic) bond motifs is 1. The Kier molecular flexibility index (Phi) is 6.31. The summed E-state index contributed by atoms with van der Waals surface area (Å²) >= 11 is 0. The van der Waals surface area contributed by atoms with Gasteiger partial charge in [0.25, 0.3) is 11.8 Å². The first kappa shape index (κ1) is 22.3. The molecule has 0 spiro atoms. The molecule has 2 aromatic carbocycles. The minimum Gasteiger partial charge on any atom is -0.493 e. The van der Waals surface area contributed by atoms with Crippen LogP contribution in [0.3, 0.4) is 0 Å². The molecule has 1 aromatic heterocycles. The van der Waals surface area contributed by atoms with Crippen LogP contribution in [-0.2, 0) is 11.3 Å². The van der Waals surface area contributed by atoms with Gasteiger partial charge in [-0.2, -0.15) is 0 Å². The van der Waals surface area contributed by atoms with Gasteiger partial charge in [-0.25, -0.2) is 0 Å². The van der Waals surface area contributed by atoms with Crippen molar-refractivity contribution < 1.29 is 23.9 Å². The molecule has 0 saturated heterocycles. The van der Waals surface area contributed by atoms with E-state index < -0.39 is 17.9 Å². The zero-order valence-corrected chi connectivity index (χ0v) is 18.9. The lowest BCUT2D eigenvalue weighted by molar-refractivity contribution is -0.117. The first-order chi connectivity index (χ1) is 15.9.